The molecule has 0 aliphatic carbocycles. The topological polar surface area (TPSA) is 101 Å². The number of anilines is 1. The highest BCUT2D eigenvalue weighted by molar-refractivity contribution is 7.90. The van der Waals surface area contributed by atoms with E-state index < -0.39 is 19.9 Å². The Morgan fingerprint density at radius 2 is 1.62 bits per heavy atom. The predicted molar refractivity (Wildman–Crippen MR) is 78.1 cm³/mol. The van der Waals surface area contributed by atoms with Crippen LogP contribution in [-0.4, -0.2) is 52.6 Å². The number of carbonyl (C=O) groups excluding carboxylic acids is 1. The van der Waals surface area contributed by atoms with E-state index in [-0.39, 0.29) is 29.8 Å². The second kappa shape index (κ2) is 5.39. The third-order valence-electron chi connectivity index (χ3n) is 3.24. The van der Waals surface area contributed by atoms with Gasteiger partial charge in [-0.2, -0.15) is 0 Å². The van der Waals surface area contributed by atoms with E-state index in [1.165, 1.54) is 28.6 Å². The summed E-state index contributed by atoms with van der Waals surface area (Å²) in [7, 11) is -6.51. The van der Waals surface area contributed by atoms with Gasteiger partial charge in [0, 0.05) is 25.0 Å². The Hall–Kier alpha value is -1.45. The van der Waals surface area contributed by atoms with Gasteiger partial charge in [0.1, 0.15) is 0 Å². The lowest BCUT2D eigenvalue weighted by molar-refractivity contribution is -0.122. The van der Waals surface area contributed by atoms with Gasteiger partial charge in [0.05, 0.1) is 17.1 Å². The fourth-order valence-corrected chi connectivity index (χ4v) is 3.44. The van der Waals surface area contributed by atoms with Gasteiger partial charge in [-0.1, -0.05) is 0 Å². The Balaban J connectivity index is 1.96. The first-order chi connectivity index (χ1) is 9.57. The molecule has 0 saturated carbocycles. The Bertz CT molecular complexity index is 747. The molecule has 0 aromatic heterocycles. The number of nitrogens with one attached hydrogen (secondary N) is 1. The molecule has 1 aliphatic heterocycles. The van der Waals surface area contributed by atoms with Crippen LogP contribution in [0.15, 0.2) is 29.2 Å². The average Bonchev–Trinajstić information content (AvgIpc) is 2.24. The van der Waals surface area contributed by atoms with Crippen LogP contribution in [0.3, 0.4) is 0 Å². The number of amides is 1. The van der Waals surface area contributed by atoms with Crippen molar-refractivity contribution >= 4 is 31.5 Å². The summed E-state index contributed by atoms with van der Waals surface area (Å²) in [6.07, 6.45) is 2.21. The van der Waals surface area contributed by atoms with E-state index in [0.29, 0.717) is 5.69 Å². The van der Waals surface area contributed by atoms with Crippen molar-refractivity contribution in [1.82, 2.24) is 4.31 Å². The molecule has 2 rings (SSSR count). The van der Waals surface area contributed by atoms with Crippen LogP contribution in [0.2, 0.25) is 0 Å². The molecule has 116 valence electrons. The average molecular weight is 332 g/mol. The van der Waals surface area contributed by atoms with Gasteiger partial charge in [-0.25, -0.2) is 21.1 Å². The lowest BCUT2D eigenvalue weighted by atomic mass is 10.0. The largest absolute Gasteiger partial charge is 0.326 e. The molecule has 9 heteroatoms. The van der Waals surface area contributed by atoms with Gasteiger partial charge in [-0.3, -0.25) is 4.79 Å². The van der Waals surface area contributed by atoms with Crippen LogP contribution in [0.1, 0.15) is 0 Å². The maximum atomic E-state index is 11.9. The summed E-state index contributed by atoms with van der Waals surface area (Å²) in [5.41, 5.74) is 0.477. The number of sulfone groups is 1. The van der Waals surface area contributed by atoms with Gasteiger partial charge in [-0.15, -0.1) is 0 Å². The zero-order valence-corrected chi connectivity index (χ0v) is 13.2. The van der Waals surface area contributed by atoms with Crippen molar-refractivity contribution in [3.8, 4) is 0 Å². The first kappa shape index (κ1) is 15.9. The monoisotopic (exact) mass is 332 g/mol. The van der Waals surface area contributed by atoms with Gasteiger partial charge in [0.15, 0.2) is 9.84 Å². The second-order valence-corrected chi connectivity index (χ2v) is 9.06. The molecule has 1 saturated heterocycles. The number of nitrogens with zero attached hydrogens (tertiary/aromatic N) is 1. The van der Waals surface area contributed by atoms with Gasteiger partial charge < -0.3 is 5.32 Å². The highest BCUT2D eigenvalue weighted by atomic mass is 32.2. The molecule has 0 spiro atoms. The Morgan fingerprint density at radius 3 is 2.05 bits per heavy atom. The summed E-state index contributed by atoms with van der Waals surface area (Å²) in [6, 6.07) is 5.83. The summed E-state index contributed by atoms with van der Waals surface area (Å²) in [5, 5.41) is 2.64. The van der Waals surface area contributed by atoms with E-state index in [4.69, 9.17) is 0 Å². The van der Waals surface area contributed by atoms with E-state index in [9.17, 15) is 21.6 Å². The maximum Gasteiger partial charge on any atom is 0.230 e. The molecule has 1 heterocycles. The first-order valence-corrected chi connectivity index (χ1v) is 9.87. The van der Waals surface area contributed by atoms with E-state index in [1.807, 2.05) is 0 Å². The van der Waals surface area contributed by atoms with E-state index in [0.717, 1.165) is 12.5 Å². The molecular formula is C12H16N2O5S2. The highest BCUT2D eigenvalue weighted by Gasteiger charge is 2.37. The van der Waals surface area contributed by atoms with Gasteiger partial charge in [0.2, 0.25) is 15.9 Å². The lowest BCUT2D eigenvalue weighted by Crippen LogP contribution is -2.53. The van der Waals surface area contributed by atoms with Crippen LogP contribution in [0.5, 0.6) is 0 Å². The molecule has 1 aromatic rings. The molecule has 7 nitrogen and oxygen atoms in total. The van der Waals surface area contributed by atoms with E-state index in [2.05, 4.69) is 5.32 Å². The summed E-state index contributed by atoms with van der Waals surface area (Å²) >= 11 is 0. The van der Waals surface area contributed by atoms with Crippen LogP contribution >= 0.6 is 0 Å². The number of rotatable bonds is 4. The minimum absolute atomic E-state index is 0.173. The molecule has 1 N–H and O–H groups in total. The zero-order chi connectivity index (χ0) is 15.8. The predicted octanol–water partition coefficient (Wildman–Crippen LogP) is -0.0800. The molecule has 1 amide bonds. The van der Waals surface area contributed by atoms with Crippen molar-refractivity contribution in [3.63, 3.8) is 0 Å². The number of carbonyl (C=O) groups is 1. The van der Waals surface area contributed by atoms with Crippen LogP contribution in [0.25, 0.3) is 0 Å². The van der Waals surface area contributed by atoms with E-state index >= 15 is 0 Å². The zero-order valence-electron chi connectivity index (χ0n) is 11.6. The highest BCUT2D eigenvalue weighted by Crippen LogP contribution is 2.21. The molecular weight excluding hydrogens is 316 g/mol. The molecule has 0 atom stereocenters. The normalized spacial score (nSPS) is 17.2. The standard InChI is InChI=1S/C12H16N2O5S2/c1-20(16,17)11-5-3-10(4-6-11)13-12(15)9-7-14(8-9)21(2,18)19/h3-6,9H,7-8H2,1-2H3,(H,13,15). The number of benzene rings is 1. The van der Waals surface area contributed by atoms with Crippen LogP contribution in [-0.2, 0) is 24.7 Å². The molecule has 1 aromatic carbocycles. The minimum Gasteiger partial charge on any atom is -0.326 e. The van der Waals surface area contributed by atoms with Crippen LogP contribution < -0.4 is 5.32 Å². The smallest absolute Gasteiger partial charge is 0.230 e. The minimum atomic E-state index is -3.27. The fourth-order valence-electron chi connectivity index (χ4n) is 1.90. The van der Waals surface area contributed by atoms with Gasteiger partial charge in [0.25, 0.3) is 0 Å². The van der Waals surface area contributed by atoms with Gasteiger partial charge in [-0.05, 0) is 24.3 Å². The number of hydrogen-bond donors (Lipinski definition) is 1. The maximum absolute atomic E-state index is 11.9. The van der Waals surface area contributed by atoms with Crippen LogP contribution in [0.4, 0.5) is 5.69 Å². The Labute approximate surface area is 123 Å². The second-order valence-electron chi connectivity index (χ2n) is 5.06. The third kappa shape index (κ3) is 3.80. The summed E-state index contributed by atoms with van der Waals surface area (Å²) in [4.78, 5) is 12.1. The molecule has 0 unspecified atom stereocenters. The van der Waals surface area contributed by atoms with Crippen LogP contribution in [0, 0.1) is 5.92 Å². The van der Waals surface area contributed by atoms with Crippen molar-refractivity contribution in [1.29, 1.82) is 0 Å². The molecule has 1 fully saturated rings. The first-order valence-electron chi connectivity index (χ1n) is 6.13. The SMILES string of the molecule is CS(=O)(=O)c1ccc(NC(=O)C2CN(S(C)(=O)=O)C2)cc1. The quantitative estimate of drug-likeness (QED) is 0.831. The Kier molecular flexibility index (Phi) is 4.09. The van der Waals surface area contributed by atoms with Gasteiger partial charge >= 0.3 is 0 Å². The molecule has 0 bridgehead atoms. The molecule has 1 aliphatic rings. The fraction of sp³-hybridized carbons (Fsp3) is 0.417. The van der Waals surface area contributed by atoms with Crippen molar-refractivity contribution in [3.05, 3.63) is 24.3 Å². The summed E-state index contributed by atoms with van der Waals surface area (Å²) in [5.74, 6) is -0.656. The third-order valence-corrected chi connectivity index (χ3v) is 5.60. The number of hydrogen-bond acceptors (Lipinski definition) is 5. The van der Waals surface area contributed by atoms with Crippen molar-refractivity contribution in [2.45, 2.75) is 4.90 Å². The molecule has 0 radical (unpaired) electrons. The van der Waals surface area contributed by atoms with Crippen molar-refractivity contribution < 1.29 is 21.6 Å². The van der Waals surface area contributed by atoms with Crippen molar-refractivity contribution in [2.75, 3.05) is 30.9 Å². The number of sulfonamides is 1. The van der Waals surface area contributed by atoms with E-state index in [1.54, 1.807) is 0 Å². The molecule has 21 heavy (non-hydrogen) atoms. The Morgan fingerprint density at radius 1 is 1.10 bits per heavy atom. The summed E-state index contributed by atoms with van der Waals surface area (Å²) < 4.78 is 46.3. The van der Waals surface area contributed by atoms with Crippen molar-refractivity contribution in [2.24, 2.45) is 5.92 Å². The summed E-state index contributed by atoms with van der Waals surface area (Å²) in [6.45, 7) is 0.345. The lowest BCUT2D eigenvalue weighted by Gasteiger charge is -2.35.